The highest BCUT2D eigenvalue weighted by atomic mass is 16.4. The minimum Gasteiger partial charge on any atom is -0.478 e. The number of benzene rings is 1. The molecule has 0 bridgehead atoms. The number of carbonyl (C=O) groups is 1. The number of aromatic carboxylic acids is 1. The van der Waals surface area contributed by atoms with Gasteiger partial charge in [0.05, 0.1) is 18.8 Å². The van der Waals surface area contributed by atoms with Crippen molar-refractivity contribution in [1.82, 2.24) is 0 Å². The molecule has 70 valence electrons. The van der Waals surface area contributed by atoms with Crippen LogP contribution in [0.2, 0.25) is 0 Å². The highest BCUT2D eigenvalue weighted by Gasteiger charge is 2.06. The van der Waals surface area contributed by atoms with Gasteiger partial charge in [0.25, 0.3) is 0 Å². The highest BCUT2D eigenvalue weighted by molar-refractivity contribution is 5.87. The lowest BCUT2D eigenvalue weighted by Gasteiger charge is -2.04. The first-order valence-electron chi connectivity index (χ1n) is 3.76. The van der Waals surface area contributed by atoms with E-state index in [0.29, 0.717) is 11.1 Å². The van der Waals surface area contributed by atoms with Gasteiger partial charge in [0.2, 0.25) is 0 Å². The SMILES string of the molecule is O=C(O)c1ccc(CO)c(CO)c1. The van der Waals surface area contributed by atoms with Gasteiger partial charge in [-0.2, -0.15) is 0 Å². The summed E-state index contributed by atoms with van der Waals surface area (Å²) in [6, 6.07) is 4.25. The summed E-state index contributed by atoms with van der Waals surface area (Å²) in [5.74, 6) is -1.04. The summed E-state index contributed by atoms with van der Waals surface area (Å²) in [6.07, 6.45) is 0. The van der Waals surface area contributed by atoms with E-state index in [9.17, 15) is 4.79 Å². The van der Waals surface area contributed by atoms with E-state index in [1.54, 1.807) is 0 Å². The molecule has 0 fully saturated rings. The molecule has 0 amide bonds. The van der Waals surface area contributed by atoms with Crippen LogP contribution >= 0.6 is 0 Å². The van der Waals surface area contributed by atoms with E-state index in [4.69, 9.17) is 15.3 Å². The fourth-order valence-electron chi connectivity index (χ4n) is 1.06. The predicted molar refractivity (Wildman–Crippen MR) is 45.2 cm³/mol. The molecule has 4 heteroatoms. The lowest BCUT2D eigenvalue weighted by molar-refractivity contribution is 0.0696. The Morgan fingerprint density at radius 3 is 2.23 bits per heavy atom. The normalized spacial score (nSPS) is 10.0. The van der Waals surface area contributed by atoms with Crippen molar-refractivity contribution in [1.29, 1.82) is 0 Å². The summed E-state index contributed by atoms with van der Waals surface area (Å²) in [7, 11) is 0. The van der Waals surface area contributed by atoms with Crippen LogP contribution in [-0.2, 0) is 13.2 Å². The Balaban J connectivity index is 3.13. The number of carboxylic acids is 1. The van der Waals surface area contributed by atoms with Gasteiger partial charge < -0.3 is 15.3 Å². The number of rotatable bonds is 3. The molecule has 13 heavy (non-hydrogen) atoms. The van der Waals surface area contributed by atoms with Gasteiger partial charge in [-0.3, -0.25) is 0 Å². The second-order valence-corrected chi connectivity index (χ2v) is 2.60. The van der Waals surface area contributed by atoms with Crippen LogP contribution in [-0.4, -0.2) is 21.3 Å². The summed E-state index contributed by atoms with van der Waals surface area (Å²) >= 11 is 0. The molecule has 0 aliphatic rings. The third-order valence-electron chi connectivity index (χ3n) is 1.79. The molecule has 0 heterocycles. The van der Waals surface area contributed by atoms with Crippen molar-refractivity contribution in [3.05, 3.63) is 34.9 Å². The van der Waals surface area contributed by atoms with E-state index in [0.717, 1.165) is 0 Å². The molecule has 0 aromatic heterocycles. The molecule has 0 saturated carbocycles. The molecular weight excluding hydrogens is 172 g/mol. The van der Waals surface area contributed by atoms with E-state index in [1.165, 1.54) is 18.2 Å². The third kappa shape index (κ3) is 2.05. The van der Waals surface area contributed by atoms with Gasteiger partial charge in [0.15, 0.2) is 0 Å². The number of hydrogen-bond donors (Lipinski definition) is 3. The molecule has 0 unspecified atom stereocenters. The molecule has 1 aromatic carbocycles. The maximum absolute atomic E-state index is 10.5. The summed E-state index contributed by atoms with van der Waals surface area (Å²) in [4.78, 5) is 10.5. The molecule has 0 radical (unpaired) electrons. The van der Waals surface area contributed by atoms with Gasteiger partial charge in [-0.05, 0) is 23.3 Å². The molecule has 0 aliphatic carbocycles. The van der Waals surface area contributed by atoms with E-state index >= 15 is 0 Å². The Kier molecular flexibility index (Phi) is 3.00. The van der Waals surface area contributed by atoms with Gasteiger partial charge in [-0.15, -0.1) is 0 Å². The second kappa shape index (κ2) is 4.02. The fourth-order valence-corrected chi connectivity index (χ4v) is 1.06. The summed E-state index contributed by atoms with van der Waals surface area (Å²) < 4.78 is 0. The van der Waals surface area contributed by atoms with Crippen molar-refractivity contribution >= 4 is 5.97 Å². The Hall–Kier alpha value is -1.39. The van der Waals surface area contributed by atoms with E-state index < -0.39 is 5.97 Å². The average Bonchev–Trinajstić information content (AvgIpc) is 2.16. The minimum absolute atomic E-state index is 0.112. The molecule has 0 saturated heterocycles. The van der Waals surface area contributed by atoms with Crippen molar-refractivity contribution in [2.24, 2.45) is 0 Å². The molecule has 1 aromatic rings. The van der Waals surface area contributed by atoms with E-state index in [1.807, 2.05) is 0 Å². The molecule has 1 rings (SSSR count). The number of hydrogen-bond acceptors (Lipinski definition) is 3. The van der Waals surface area contributed by atoms with Crippen molar-refractivity contribution in [3.8, 4) is 0 Å². The first-order chi connectivity index (χ1) is 6.19. The van der Waals surface area contributed by atoms with Crippen LogP contribution in [0.3, 0.4) is 0 Å². The second-order valence-electron chi connectivity index (χ2n) is 2.60. The monoisotopic (exact) mass is 182 g/mol. The molecule has 0 spiro atoms. The highest BCUT2D eigenvalue weighted by Crippen LogP contribution is 2.12. The van der Waals surface area contributed by atoms with Crippen molar-refractivity contribution in [3.63, 3.8) is 0 Å². The lowest BCUT2D eigenvalue weighted by Crippen LogP contribution is -2.01. The summed E-state index contributed by atoms with van der Waals surface area (Å²) in [6.45, 7) is -0.465. The van der Waals surface area contributed by atoms with E-state index in [2.05, 4.69) is 0 Å². The molecule has 0 aliphatic heterocycles. The zero-order valence-electron chi connectivity index (χ0n) is 6.90. The smallest absolute Gasteiger partial charge is 0.335 e. The zero-order chi connectivity index (χ0) is 9.84. The maximum atomic E-state index is 10.5. The number of carboxylic acid groups (broad SMARTS) is 1. The fraction of sp³-hybridized carbons (Fsp3) is 0.222. The lowest BCUT2D eigenvalue weighted by atomic mass is 10.1. The van der Waals surface area contributed by atoms with Gasteiger partial charge in [-0.1, -0.05) is 6.07 Å². The van der Waals surface area contributed by atoms with Crippen LogP contribution in [0, 0.1) is 0 Å². The Morgan fingerprint density at radius 1 is 1.15 bits per heavy atom. The Morgan fingerprint density at radius 2 is 1.77 bits per heavy atom. The largest absolute Gasteiger partial charge is 0.478 e. The van der Waals surface area contributed by atoms with E-state index in [-0.39, 0.29) is 18.8 Å². The molecular formula is C9H10O4. The van der Waals surface area contributed by atoms with Crippen LogP contribution in [0.5, 0.6) is 0 Å². The zero-order valence-corrected chi connectivity index (χ0v) is 6.90. The maximum Gasteiger partial charge on any atom is 0.335 e. The van der Waals surface area contributed by atoms with Gasteiger partial charge in [0, 0.05) is 0 Å². The summed E-state index contributed by atoms with van der Waals surface area (Å²) in [5, 5.41) is 26.3. The Bertz CT molecular complexity index is 319. The van der Waals surface area contributed by atoms with Crippen molar-refractivity contribution in [2.45, 2.75) is 13.2 Å². The predicted octanol–water partition coefficient (Wildman–Crippen LogP) is 0.369. The third-order valence-corrected chi connectivity index (χ3v) is 1.79. The average molecular weight is 182 g/mol. The van der Waals surface area contributed by atoms with Gasteiger partial charge >= 0.3 is 5.97 Å². The number of aliphatic hydroxyl groups is 2. The van der Waals surface area contributed by atoms with Crippen LogP contribution in [0.1, 0.15) is 21.5 Å². The van der Waals surface area contributed by atoms with Gasteiger partial charge in [-0.25, -0.2) is 4.79 Å². The number of aliphatic hydroxyl groups excluding tert-OH is 2. The molecule has 3 N–H and O–H groups in total. The standard InChI is InChI=1S/C9H10O4/c10-4-7-2-1-6(9(12)13)3-8(7)5-11/h1-3,10-11H,4-5H2,(H,12,13). The van der Waals surface area contributed by atoms with Crippen LogP contribution in [0.25, 0.3) is 0 Å². The first kappa shape index (κ1) is 9.70. The molecule has 4 nitrogen and oxygen atoms in total. The quantitative estimate of drug-likeness (QED) is 0.631. The van der Waals surface area contributed by atoms with Crippen LogP contribution in [0.15, 0.2) is 18.2 Å². The van der Waals surface area contributed by atoms with Crippen LogP contribution in [0.4, 0.5) is 0 Å². The summed E-state index contributed by atoms with van der Waals surface area (Å²) in [5.41, 5.74) is 1.11. The molecule has 0 atom stereocenters. The van der Waals surface area contributed by atoms with Crippen molar-refractivity contribution in [2.75, 3.05) is 0 Å². The minimum atomic E-state index is -1.04. The van der Waals surface area contributed by atoms with Crippen LogP contribution < -0.4 is 0 Å². The first-order valence-corrected chi connectivity index (χ1v) is 3.76. The topological polar surface area (TPSA) is 77.8 Å². The van der Waals surface area contributed by atoms with Gasteiger partial charge in [0.1, 0.15) is 0 Å². The Labute approximate surface area is 75.1 Å². The van der Waals surface area contributed by atoms with Crippen molar-refractivity contribution < 1.29 is 20.1 Å².